The zero-order chi connectivity index (χ0) is 25.8. The van der Waals surface area contributed by atoms with Crippen LogP contribution in [0.2, 0.25) is 0 Å². The van der Waals surface area contributed by atoms with Gasteiger partial charge >= 0.3 is 0 Å². The van der Waals surface area contributed by atoms with E-state index in [2.05, 4.69) is 16.0 Å². The number of hydrogen-bond donors (Lipinski definition) is 3. The molecule has 1 fully saturated rings. The minimum atomic E-state index is -0.471. The molecule has 2 aliphatic heterocycles. The fraction of sp³-hybridized carbons (Fsp3) is 0.286. The first kappa shape index (κ1) is 24.6. The van der Waals surface area contributed by atoms with Crippen LogP contribution in [0.4, 0.5) is 4.39 Å². The lowest BCUT2D eigenvalue weighted by Gasteiger charge is -2.33. The molecule has 0 unspecified atom stereocenters. The molecule has 5 rings (SSSR count). The Morgan fingerprint density at radius 2 is 1.89 bits per heavy atom. The van der Waals surface area contributed by atoms with Gasteiger partial charge < -0.3 is 30.2 Å². The molecule has 1 saturated heterocycles. The van der Waals surface area contributed by atoms with Crippen LogP contribution in [0.1, 0.15) is 22.3 Å². The van der Waals surface area contributed by atoms with E-state index in [1.807, 2.05) is 6.07 Å². The first-order valence-electron chi connectivity index (χ1n) is 12.1. The van der Waals surface area contributed by atoms with Gasteiger partial charge in [-0.25, -0.2) is 4.39 Å². The Bertz CT molecular complexity index is 1310. The molecule has 0 radical (unpaired) electrons. The van der Waals surface area contributed by atoms with Crippen LogP contribution in [0.5, 0.6) is 17.2 Å². The van der Waals surface area contributed by atoms with E-state index in [-0.39, 0.29) is 37.1 Å². The first-order valence-corrected chi connectivity index (χ1v) is 12.1. The average molecular weight is 506 g/mol. The highest BCUT2D eigenvalue weighted by Crippen LogP contribution is 2.33. The molecule has 2 aliphatic rings. The van der Waals surface area contributed by atoms with E-state index in [0.29, 0.717) is 53.4 Å². The summed E-state index contributed by atoms with van der Waals surface area (Å²) < 4.78 is 31.8. The predicted molar refractivity (Wildman–Crippen MR) is 135 cm³/mol. The Balaban J connectivity index is 1.52. The summed E-state index contributed by atoms with van der Waals surface area (Å²) in [7, 11) is 1.57. The van der Waals surface area contributed by atoms with Crippen molar-refractivity contribution in [2.24, 2.45) is 0 Å². The van der Waals surface area contributed by atoms with Crippen LogP contribution in [-0.2, 0) is 11.3 Å². The number of fused-ring (bicyclic) bond motifs is 8. The number of rotatable bonds is 1. The number of halogens is 1. The van der Waals surface area contributed by atoms with Gasteiger partial charge in [0.05, 0.1) is 13.2 Å². The molecular weight excluding hydrogens is 477 g/mol. The van der Waals surface area contributed by atoms with Crippen molar-refractivity contribution >= 4 is 11.8 Å². The fourth-order valence-electron chi connectivity index (χ4n) is 4.57. The third kappa shape index (κ3) is 5.83. The van der Waals surface area contributed by atoms with E-state index < -0.39 is 5.82 Å². The topological polar surface area (TPSA) is 97.9 Å². The highest BCUT2D eigenvalue weighted by molar-refractivity contribution is 5.96. The van der Waals surface area contributed by atoms with Gasteiger partial charge in [0.15, 0.2) is 6.61 Å². The quantitative estimate of drug-likeness (QED) is 0.471. The van der Waals surface area contributed by atoms with Crippen LogP contribution in [0.25, 0.3) is 11.1 Å². The first-order chi connectivity index (χ1) is 18.0. The molecule has 2 atom stereocenters. The summed E-state index contributed by atoms with van der Waals surface area (Å²) in [5, 5.41) is 9.11. The second-order valence-electron chi connectivity index (χ2n) is 9.03. The van der Waals surface area contributed by atoms with Gasteiger partial charge in [0.2, 0.25) is 0 Å². The van der Waals surface area contributed by atoms with E-state index in [9.17, 15) is 14.0 Å². The maximum Gasteiger partial charge on any atom is 0.258 e. The van der Waals surface area contributed by atoms with E-state index >= 15 is 0 Å². The van der Waals surface area contributed by atoms with Crippen LogP contribution >= 0.6 is 0 Å². The summed E-state index contributed by atoms with van der Waals surface area (Å²) in [5.41, 5.74) is 2.50. The smallest absolute Gasteiger partial charge is 0.258 e. The zero-order valence-corrected chi connectivity index (χ0v) is 20.4. The van der Waals surface area contributed by atoms with Crippen molar-refractivity contribution in [3.8, 4) is 28.4 Å². The van der Waals surface area contributed by atoms with E-state index in [4.69, 9.17) is 14.2 Å². The van der Waals surface area contributed by atoms with Crippen molar-refractivity contribution < 1.29 is 28.2 Å². The van der Waals surface area contributed by atoms with Gasteiger partial charge in [-0.3, -0.25) is 9.59 Å². The number of piperidine rings is 1. The van der Waals surface area contributed by atoms with Crippen molar-refractivity contribution in [2.75, 3.05) is 26.8 Å². The molecule has 8 nitrogen and oxygen atoms in total. The number of hydrogen-bond acceptors (Lipinski definition) is 6. The van der Waals surface area contributed by atoms with Crippen LogP contribution in [0.15, 0.2) is 60.7 Å². The van der Waals surface area contributed by atoms with Gasteiger partial charge in [-0.1, -0.05) is 12.1 Å². The number of benzene rings is 3. The summed E-state index contributed by atoms with van der Waals surface area (Å²) in [5.74, 6) is 0.349. The van der Waals surface area contributed by atoms with E-state index in [1.165, 1.54) is 12.1 Å². The maximum absolute atomic E-state index is 14.4. The Morgan fingerprint density at radius 3 is 2.76 bits per heavy atom. The number of methoxy groups -OCH3 is 1. The average Bonchev–Trinajstić information content (AvgIpc) is 2.91. The molecule has 3 N–H and O–H groups in total. The van der Waals surface area contributed by atoms with Crippen LogP contribution in [0.3, 0.4) is 0 Å². The fourth-order valence-corrected chi connectivity index (χ4v) is 4.57. The van der Waals surface area contributed by atoms with E-state index in [0.717, 1.165) is 5.56 Å². The van der Waals surface area contributed by atoms with Gasteiger partial charge in [0.1, 0.15) is 29.2 Å². The van der Waals surface area contributed by atoms with Crippen LogP contribution < -0.4 is 30.2 Å². The number of carbonyl (C=O) groups is 2. The standard InChI is InChI=1S/C28H28FN3O5/c1-35-25-6-5-19-12-23(25)18-3-2-4-21(11-18)36-16-27(33)31-14-17-9-20(29)13-22(10-17)37-26-7-8-30-15-24(26)32-28(19)34/h2-6,9-13,24,26,30H,7-8,14-16H2,1H3,(H,31,33)(H,32,34)/t24-,26-/m1/s1. The van der Waals surface area contributed by atoms with Gasteiger partial charge in [-0.2, -0.15) is 0 Å². The molecule has 37 heavy (non-hydrogen) atoms. The molecule has 3 aromatic carbocycles. The third-order valence-electron chi connectivity index (χ3n) is 6.42. The number of carbonyl (C=O) groups excluding carboxylic acids is 2. The highest BCUT2D eigenvalue weighted by atomic mass is 19.1. The van der Waals surface area contributed by atoms with Crippen molar-refractivity contribution in [3.05, 3.63) is 77.6 Å². The Labute approximate surface area is 214 Å². The summed E-state index contributed by atoms with van der Waals surface area (Å²) in [6, 6.07) is 16.4. The summed E-state index contributed by atoms with van der Waals surface area (Å²) in [6.07, 6.45) is 0.269. The number of amides is 2. The molecule has 0 aliphatic carbocycles. The zero-order valence-electron chi connectivity index (χ0n) is 20.4. The lowest BCUT2D eigenvalue weighted by atomic mass is 10.00. The summed E-state index contributed by atoms with van der Waals surface area (Å²) >= 11 is 0. The number of nitrogens with one attached hydrogen (secondary N) is 3. The van der Waals surface area contributed by atoms with Crippen LogP contribution in [0, 0.1) is 5.82 Å². The van der Waals surface area contributed by atoms with E-state index in [1.54, 1.807) is 49.6 Å². The molecule has 0 saturated carbocycles. The summed E-state index contributed by atoms with van der Waals surface area (Å²) in [6.45, 7) is 1.12. The minimum absolute atomic E-state index is 0.117. The largest absolute Gasteiger partial charge is 0.496 e. The maximum atomic E-state index is 14.4. The van der Waals surface area contributed by atoms with Gasteiger partial charge in [0, 0.05) is 30.3 Å². The molecule has 3 aromatic rings. The third-order valence-corrected chi connectivity index (χ3v) is 6.42. The molecule has 0 spiro atoms. The normalized spacial score (nSPS) is 19.9. The molecule has 192 valence electrons. The van der Waals surface area contributed by atoms with Crippen LogP contribution in [-0.4, -0.2) is 50.8 Å². The second kappa shape index (κ2) is 10.9. The van der Waals surface area contributed by atoms with Gasteiger partial charge in [-0.05, 0) is 66.6 Å². The Hall–Kier alpha value is -4.11. The van der Waals surface area contributed by atoms with Gasteiger partial charge in [0.25, 0.3) is 11.8 Å². The molecule has 2 amide bonds. The van der Waals surface area contributed by atoms with Crippen molar-refractivity contribution in [1.82, 2.24) is 16.0 Å². The monoisotopic (exact) mass is 505 g/mol. The lowest BCUT2D eigenvalue weighted by molar-refractivity contribution is -0.123. The lowest BCUT2D eigenvalue weighted by Crippen LogP contribution is -2.55. The predicted octanol–water partition coefficient (Wildman–Crippen LogP) is 3.05. The minimum Gasteiger partial charge on any atom is -0.496 e. The number of ether oxygens (including phenoxy) is 3. The molecule has 2 heterocycles. The molecule has 0 aromatic heterocycles. The summed E-state index contributed by atoms with van der Waals surface area (Å²) in [4.78, 5) is 25.7. The van der Waals surface area contributed by atoms with Crippen molar-refractivity contribution in [2.45, 2.75) is 25.1 Å². The highest BCUT2D eigenvalue weighted by Gasteiger charge is 2.29. The Kier molecular flexibility index (Phi) is 7.23. The van der Waals surface area contributed by atoms with Gasteiger partial charge in [-0.15, -0.1) is 0 Å². The molecule has 9 heteroatoms. The molecular formula is C28H28FN3O5. The second-order valence-corrected chi connectivity index (χ2v) is 9.03. The van der Waals surface area contributed by atoms with Crippen molar-refractivity contribution in [3.63, 3.8) is 0 Å². The Morgan fingerprint density at radius 1 is 1.00 bits per heavy atom. The molecule has 6 bridgehead atoms. The van der Waals surface area contributed by atoms with Crippen molar-refractivity contribution in [1.29, 1.82) is 0 Å². The SMILES string of the molecule is COc1ccc2cc1-c1cccc(c1)OCC(=O)NCc1cc(F)cc(c1)O[C@@H]1CCNC[C@H]1NC2=O.